The van der Waals surface area contributed by atoms with Crippen LogP contribution in [0.4, 0.5) is 14.5 Å². The summed E-state index contributed by atoms with van der Waals surface area (Å²) in [5.74, 6) is -0.121. The first-order chi connectivity index (χ1) is 10.3. The van der Waals surface area contributed by atoms with Gasteiger partial charge in [-0.3, -0.25) is 10.1 Å². The largest absolute Gasteiger partial charge is 0.434 e. The van der Waals surface area contributed by atoms with Crippen molar-refractivity contribution in [3.05, 3.63) is 33.9 Å². The molecule has 22 heavy (non-hydrogen) atoms. The van der Waals surface area contributed by atoms with Crippen LogP contribution in [0.3, 0.4) is 0 Å². The molecule has 2 N–H and O–H groups in total. The molecule has 0 saturated carbocycles. The van der Waals surface area contributed by atoms with Gasteiger partial charge in [-0.1, -0.05) is 13.8 Å². The van der Waals surface area contributed by atoms with Gasteiger partial charge in [-0.15, -0.1) is 0 Å². The molecule has 0 unspecified atom stereocenters. The van der Waals surface area contributed by atoms with Gasteiger partial charge in [-0.05, 0) is 18.9 Å². The summed E-state index contributed by atoms with van der Waals surface area (Å²) in [4.78, 5) is 10.2. The van der Waals surface area contributed by atoms with Crippen LogP contribution in [0, 0.1) is 10.1 Å². The minimum absolute atomic E-state index is 0.0754. The second kappa shape index (κ2) is 8.00. The number of alkyl halides is 2. The maximum atomic E-state index is 12.4. The van der Waals surface area contributed by atoms with E-state index < -0.39 is 17.1 Å². The summed E-state index contributed by atoms with van der Waals surface area (Å²) >= 11 is 0. The Hall–Kier alpha value is -1.80. The number of nitro groups is 1. The average Bonchev–Trinajstić information content (AvgIpc) is 2.47. The van der Waals surface area contributed by atoms with Crippen LogP contribution in [0.2, 0.25) is 0 Å². The van der Waals surface area contributed by atoms with E-state index in [9.17, 15) is 24.0 Å². The number of aliphatic hydroxyl groups is 1. The molecule has 0 heterocycles. The van der Waals surface area contributed by atoms with Gasteiger partial charge in [0.2, 0.25) is 0 Å². The molecule has 0 bridgehead atoms. The van der Waals surface area contributed by atoms with Crippen LogP contribution < -0.4 is 10.1 Å². The Morgan fingerprint density at radius 3 is 2.55 bits per heavy atom. The lowest BCUT2D eigenvalue weighted by molar-refractivity contribution is -0.385. The number of hydrogen-bond acceptors (Lipinski definition) is 5. The van der Waals surface area contributed by atoms with Crippen molar-refractivity contribution in [2.45, 2.75) is 45.4 Å². The average molecular weight is 318 g/mol. The Morgan fingerprint density at radius 1 is 1.41 bits per heavy atom. The smallest absolute Gasteiger partial charge is 0.387 e. The fourth-order valence-electron chi connectivity index (χ4n) is 1.96. The molecule has 0 saturated heterocycles. The number of benzene rings is 1. The Labute approximate surface area is 127 Å². The van der Waals surface area contributed by atoms with E-state index in [1.165, 1.54) is 6.07 Å². The maximum Gasteiger partial charge on any atom is 0.387 e. The van der Waals surface area contributed by atoms with E-state index in [0.29, 0.717) is 12.8 Å². The van der Waals surface area contributed by atoms with E-state index in [4.69, 9.17) is 0 Å². The molecule has 124 valence electrons. The summed E-state index contributed by atoms with van der Waals surface area (Å²) in [5, 5.41) is 23.8. The number of halogens is 2. The van der Waals surface area contributed by atoms with Crippen molar-refractivity contribution >= 4 is 5.69 Å². The molecular formula is C14H20F2N2O4. The predicted octanol–water partition coefficient (Wildman–Crippen LogP) is 2.84. The summed E-state index contributed by atoms with van der Waals surface area (Å²) in [6.45, 7) is 0.986. The molecule has 1 aromatic carbocycles. The van der Waals surface area contributed by atoms with Crippen LogP contribution in [0.25, 0.3) is 0 Å². The third-order valence-corrected chi connectivity index (χ3v) is 3.56. The van der Waals surface area contributed by atoms with Crippen molar-refractivity contribution in [3.8, 4) is 5.75 Å². The molecular weight excluding hydrogens is 298 g/mol. The molecule has 0 aliphatic rings. The highest BCUT2D eigenvalue weighted by Gasteiger charge is 2.22. The van der Waals surface area contributed by atoms with Gasteiger partial charge in [0.15, 0.2) is 0 Å². The van der Waals surface area contributed by atoms with Crippen molar-refractivity contribution in [1.29, 1.82) is 0 Å². The predicted molar refractivity (Wildman–Crippen MR) is 77.0 cm³/mol. The minimum atomic E-state index is -3.01. The monoisotopic (exact) mass is 318 g/mol. The molecule has 0 aliphatic heterocycles. The number of hydrogen-bond donors (Lipinski definition) is 2. The van der Waals surface area contributed by atoms with Gasteiger partial charge in [-0.2, -0.15) is 8.78 Å². The van der Waals surface area contributed by atoms with Gasteiger partial charge in [0, 0.05) is 30.8 Å². The number of ether oxygens (including phenoxy) is 1. The molecule has 6 nitrogen and oxygen atoms in total. The highest BCUT2D eigenvalue weighted by Crippen LogP contribution is 2.26. The molecule has 0 spiro atoms. The van der Waals surface area contributed by atoms with E-state index in [2.05, 4.69) is 10.1 Å². The van der Waals surface area contributed by atoms with Crippen LogP contribution >= 0.6 is 0 Å². The van der Waals surface area contributed by atoms with Crippen molar-refractivity contribution in [2.75, 3.05) is 6.54 Å². The number of non-ortho nitro benzene ring substituents is 1. The van der Waals surface area contributed by atoms with E-state index in [0.717, 1.165) is 12.1 Å². The second-order valence-corrected chi connectivity index (χ2v) is 4.96. The number of nitro benzene ring substituents is 1. The third kappa shape index (κ3) is 5.19. The SMILES string of the molecule is CCC(O)(CC)CNCc1cc([N+](=O)[O-])ccc1OC(F)F. The molecule has 0 aliphatic carbocycles. The molecule has 0 amide bonds. The topological polar surface area (TPSA) is 84.6 Å². The Balaban J connectivity index is 2.85. The summed E-state index contributed by atoms with van der Waals surface area (Å²) in [6.07, 6.45) is 1.07. The number of nitrogens with one attached hydrogen (secondary N) is 1. The molecule has 8 heteroatoms. The second-order valence-electron chi connectivity index (χ2n) is 4.96. The van der Waals surface area contributed by atoms with Crippen LogP contribution in [0.5, 0.6) is 5.75 Å². The summed E-state index contributed by atoms with van der Waals surface area (Å²) in [5.41, 5.74) is -0.867. The first-order valence-electron chi connectivity index (χ1n) is 6.96. The quantitative estimate of drug-likeness (QED) is 0.540. The summed E-state index contributed by atoms with van der Waals surface area (Å²) in [6, 6.07) is 3.43. The summed E-state index contributed by atoms with van der Waals surface area (Å²) < 4.78 is 29.1. The normalized spacial score (nSPS) is 11.7. The van der Waals surface area contributed by atoms with Gasteiger partial charge < -0.3 is 15.2 Å². The molecule has 1 rings (SSSR count). The highest BCUT2D eigenvalue weighted by molar-refractivity contribution is 5.43. The van der Waals surface area contributed by atoms with E-state index >= 15 is 0 Å². The first-order valence-corrected chi connectivity index (χ1v) is 6.96. The van der Waals surface area contributed by atoms with Gasteiger partial charge in [0.25, 0.3) is 5.69 Å². The summed E-state index contributed by atoms with van der Waals surface area (Å²) in [7, 11) is 0. The fourth-order valence-corrected chi connectivity index (χ4v) is 1.96. The van der Waals surface area contributed by atoms with Crippen molar-refractivity contribution < 1.29 is 23.5 Å². The van der Waals surface area contributed by atoms with Crippen molar-refractivity contribution in [1.82, 2.24) is 5.32 Å². The Kier molecular flexibility index (Phi) is 6.63. The number of nitrogens with zero attached hydrogens (tertiary/aromatic N) is 1. The van der Waals surface area contributed by atoms with E-state index in [1.54, 1.807) is 0 Å². The van der Waals surface area contributed by atoms with Gasteiger partial charge in [-0.25, -0.2) is 0 Å². The van der Waals surface area contributed by atoms with Gasteiger partial charge >= 0.3 is 6.61 Å². The lowest BCUT2D eigenvalue weighted by Gasteiger charge is -2.25. The van der Waals surface area contributed by atoms with Gasteiger partial charge in [0.1, 0.15) is 5.75 Å². The van der Waals surface area contributed by atoms with Crippen molar-refractivity contribution in [2.24, 2.45) is 0 Å². The first kappa shape index (κ1) is 18.2. The molecule has 0 aromatic heterocycles. The lowest BCUT2D eigenvalue weighted by Crippen LogP contribution is -2.39. The van der Waals surface area contributed by atoms with Crippen LogP contribution in [-0.4, -0.2) is 28.8 Å². The standard InChI is InChI=1S/C14H20F2N2O4/c1-3-14(19,4-2)9-17-8-10-7-11(18(20)21)5-6-12(10)22-13(15)16/h5-7,13,17,19H,3-4,8-9H2,1-2H3. The van der Waals surface area contributed by atoms with Gasteiger partial charge in [0.05, 0.1) is 10.5 Å². The zero-order valence-electron chi connectivity index (χ0n) is 12.5. The molecule has 0 fully saturated rings. The zero-order valence-corrected chi connectivity index (χ0v) is 12.5. The minimum Gasteiger partial charge on any atom is -0.434 e. The highest BCUT2D eigenvalue weighted by atomic mass is 19.3. The third-order valence-electron chi connectivity index (χ3n) is 3.56. The molecule has 0 radical (unpaired) electrons. The maximum absolute atomic E-state index is 12.4. The fraction of sp³-hybridized carbons (Fsp3) is 0.571. The Bertz CT molecular complexity index is 508. The Morgan fingerprint density at radius 2 is 2.05 bits per heavy atom. The van der Waals surface area contributed by atoms with Crippen LogP contribution in [-0.2, 0) is 6.54 Å². The van der Waals surface area contributed by atoms with Crippen molar-refractivity contribution in [3.63, 3.8) is 0 Å². The lowest BCUT2D eigenvalue weighted by atomic mass is 9.97. The zero-order chi connectivity index (χ0) is 16.8. The molecule has 0 atom stereocenters. The number of rotatable bonds is 9. The van der Waals surface area contributed by atoms with Crippen LogP contribution in [0.1, 0.15) is 32.3 Å². The van der Waals surface area contributed by atoms with E-state index in [1.807, 2.05) is 13.8 Å². The molecule has 1 aromatic rings. The van der Waals surface area contributed by atoms with Crippen LogP contribution in [0.15, 0.2) is 18.2 Å². The van der Waals surface area contributed by atoms with E-state index in [-0.39, 0.29) is 30.1 Å².